The molecule has 35 heteroatoms. The summed E-state index contributed by atoms with van der Waals surface area (Å²) in [7, 11) is 11.5. The summed E-state index contributed by atoms with van der Waals surface area (Å²) in [5.41, 5.74) is 6.00. The van der Waals surface area contributed by atoms with E-state index in [0.29, 0.717) is 46.4 Å². The molecule has 0 aliphatic rings. The first kappa shape index (κ1) is 84.6. The van der Waals surface area contributed by atoms with E-state index in [4.69, 9.17) is 56.8 Å². The average Bonchev–Trinajstić information content (AvgIpc) is 0.808. The summed E-state index contributed by atoms with van der Waals surface area (Å²) in [6.07, 6.45) is 4.11. The average molecular weight is 1600 g/mol. The maximum absolute atomic E-state index is 14.8. The standard InChI is InChI=1S/C25H24ClFN6O3S.C25H23ClFN5O3S.C24H22ClFN6O3S/c1-29-22(34)13-37-16-6-8-20(18(11-16)25(36)32-21-9-5-15(26)12-30-21)31-24(35)17-7-4-14(10-19(17)27)23(28)33(2)3;1-14(33)13-36-17-6-8-21(19(11-17)25(35)31-22-9-5-16(26)12-29-22)30-24(34)18-7-4-15(10-20(18)27)23(28)32(2)3;1-32(2)22(28)13-3-6-16(18(26)9-13)23(34)30-19-7-5-15(36-12-20(27)33)10-17(19)24(35)31-21-8-4-14(25)11-29-21/h4-12,28H,13H2,1-3H3,(H,29,34)(H,31,35)(H,30,32,36);4-12,28H,13H2,1-3H3,(H,30,34)(H,29,31,35);3-11,28H,12H2,1-2H3,(H2,27,33)(H,30,34)(H,29,31,35). The fraction of sp³-hybridized carbons (Fsp3) is 0.149. The summed E-state index contributed by atoms with van der Waals surface area (Å²) >= 11 is 21.1. The van der Waals surface area contributed by atoms with Crippen LogP contribution in [0.2, 0.25) is 15.1 Å². The third-order valence-electron chi connectivity index (χ3n) is 14.6. The van der Waals surface area contributed by atoms with Crippen LogP contribution in [0.1, 0.15) is 85.8 Å². The number of carbonyl (C=O) groups excluding carboxylic acids is 9. The summed E-state index contributed by atoms with van der Waals surface area (Å²) in [4.78, 5) is 131. The second-order valence-corrected chi connectivity index (χ2v) is 27.9. The van der Waals surface area contributed by atoms with Gasteiger partial charge in [0.1, 0.15) is 58.2 Å². The lowest BCUT2D eigenvalue weighted by molar-refractivity contribution is -0.118. The molecule has 12 N–H and O–H groups in total. The summed E-state index contributed by atoms with van der Waals surface area (Å²) in [6.45, 7) is 1.46. The van der Waals surface area contributed by atoms with Gasteiger partial charge in [-0.3, -0.25) is 59.4 Å². The van der Waals surface area contributed by atoms with Crippen LogP contribution >= 0.6 is 70.1 Å². The number of hydrogen-bond donors (Lipinski definition) is 11. The highest BCUT2D eigenvalue weighted by atomic mass is 35.5. The van der Waals surface area contributed by atoms with Crippen LogP contribution < -0.4 is 43.0 Å². The Hall–Kier alpha value is -11.7. The first-order valence-electron chi connectivity index (χ1n) is 31.9. The molecule has 0 spiro atoms. The highest BCUT2D eigenvalue weighted by Crippen LogP contribution is 2.31. The number of nitrogens with one attached hydrogen (secondary N) is 10. The summed E-state index contributed by atoms with van der Waals surface area (Å²) in [5.74, 6) is -5.97. The lowest BCUT2D eigenvalue weighted by atomic mass is 10.1. The van der Waals surface area contributed by atoms with Gasteiger partial charge in [0.2, 0.25) is 11.8 Å². The number of anilines is 6. The van der Waals surface area contributed by atoms with Gasteiger partial charge in [0.25, 0.3) is 35.4 Å². The van der Waals surface area contributed by atoms with Gasteiger partial charge in [0.05, 0.1) is 82.8 Å². The van der Waals surface area contributed by atoms with Crippen molar-refractivity contribution < 1.29 is 56.3 Å². The number of nitrogens with two attached hydrogens (primary N) is 1. The second-order valence-electron chi connectivity index (χ2n) is 23.5. The van der Waals surface area contributed by atoms with E-state index in [9.17, 15) is 56.3 Å². The van der Waals surface area contributed by atoms with Gasteiger partial charge in [-0.25, -0.2) is 28.1 Å². The van der Waals surface area contributed by atoms with Gasteiger partial charge in [-0.15, -0.1) is 35.3 Å². The number of pyridine rings is 3. The second kappa shape index (κ2) is 39.8. The molecular formula is C74H69Cl3F3N17O9S3. The SMILES string of the molecule is CC(=O)CSc1ccc(NC(=O)c2ccc(C(=N)N(C)C)cc2F)c(C(=O)Nc2ccc(Cl)cn2)c1.CN(C)C(=N)c1ccc(C(=O)Nc2ccc(SCC(N)=O)cc2C(=O)Nc2ccc(Cl)cn2)c(F)c1.CNC(=O)CSc1ccc(NC(=O)c2ccc(C(=N)N(C)C)cc2F)c(C(=O)Nc2ccc(Cl)cn2)c1. The van der Waals surface area contributed by atoms with Crippen LogP contribution in [0, 0.1) is 33.7 Å². The van der Waals surface area contributed by atoms with E-state index >= 15 is 0 Å². The number of rotatable bonds is 24. The molecule has 0 aliphatic carbocycles. The highest BCUT2D eigenvalue weighted by molar-refractivity contribution is 8.00. The van der Waals surface area contributed by atoms with Crippen molar-refractivity contribution in [3.63, 3.8) is 0 Å². The Labute approximate surface area is 651 Å². The molecule has 8 amide bonds. The molecule has 0 saturated heterocycles. The molecule has 109 heavy (non-hydrogen) atoms. The number of hydrogen-bond acceptors (Lipinski definition) is 18. The largest absolute Gasteiger partial charge is 0.369 e. The molecule has 0 aliphatic heterocycles. The van der Waals surface area contributed by atoms with E-state index in [0.717, 1.165) is 30.0 Å². The predicted molar refractivity (Wildman–Crippen MR) is 422 cm³/mol. The molecule has 564 valence electrons. The molecule has 26 nitrogen and oxygen atoms in total. The fourth-order valence-electron chi connectivity index (χ4n) is 9.07. The molecule has 9 rings (SSSR count). The molecular weight excluding hydrogens is 1530 g/mol. The van der Waals surface area contributed by atoms with Crippen molar-refractivity contribution in [2.45, 2.75) is 21.6 Å². The Bertz CT molecular complexity index is 4790. The Morgan fingerprint density at radius 1 is 0.394 bits per heavy atom. The normalized spacial score (nSPS) is 10.4. The van der Waals surface area contributed by atoms with E-state index in [1.54, 1.807) is 78.7 Å². The third kappa shape index (κ3) is 25.0. The van der Waals surface area contributed by atoms with Gasteiger partial charge in [-0.1, -0.05) is 53.0 Å². The maximum atomic E-state index is 14.8. The number of benzene rings is 6. The number of nitrogens with zero attached hydrogens (tertiary/aromatic N) is 6. The predicted octanol–water partition coefficient (Wildman–Crippen LogP) is 12.9. The molecule has 0 unspecified atom stereocenters. The number of primary amides is 1. The smallest absolute Gasteiger partial charge is 0.258 e. The lowest BCUT2D eigenvalue weighted by Crippen LogP contribution is -2.23. The summed E-state index contributed by atoms with van der Waals surface area (Å²) < 4.78 is 44.2. The lowest BCUT2D eigenvalue weighted by Gasteiger charge is -2.15. The monoisotopic (exact) mass is 1600 g/mol. The van der Waals surface area contributed by atoms with Crippen LogP contribution in [-0.2, 0) is 14.4 Å². The Kier molecular flexibility index (Phi) is 30.9. The minimum atomic E-state index is -0.818. The number of halogens is 6. The number of aromatic nitrogens is 3. The van der Waals surface area contributed by atoms with Crippen LogP contribution in [0.25, 0.3) is 0 Å². The van der Waals surface area contributed by atoms with E-state index in [1.165, 1.54) is 162 Å². The van der Waals surface area contributed by atoms with Crippen LogP contribution in [0.3, 0.4) is 0 Å². The summed E-state index contributed by atoms with van der Waals surface area (Å²) in [5, 5.41) is 43.2. The van der Waals surface area contributed by atoms with E-state index in [2.05, 4.69) is 52.2 Å². The van der Waals surface area contributed by atoms with E-state index in [-0.39, 0.29) is 114 Å². The molecule has 0 radical (unpaired) electrons. The van der Waals surface area contributed by atoms with Gasteiger partial charge in [-0.2, -0.15) is 0 Å². The first-order valence-corrected chi connectivity index (χ1v) is 36.0. The Morgan fingerprint density at radius 2 is 0.679 bits per heavy atom. The van der Waals surface area contributed by atoms with Crippen LogP contribution in [-0.4, -0.2) is 167 Å². The molecule has 0 saturated carbocycles. The molecule has 0 fully saturated rings. The topological polar surface area (TPSA) is 384 Å². The quantitative estimate of drug-likeness (QED) is 0.0152. The van der Waals surface area contributed by atoms with Crippen molar-refractivity contribution in [1.82, 2.24) is 35.0 Å². The van der Waals surface area contributed by atoms with Crippen molar-refractivity contribution in [3.8, 4) is 0 Å². The number of Topliss-reactive ketones (excluding diaryl/α,β-unsaturated/α-hetero) is 1. The van der Waals surface area contributed by atoms with E-state index < -0.39 is 58.8 Å². The minimum Gasteiger partial charge on any atom is -0.369 e. The Morgan fingerprint density at radius 3 is 0.927 bits per heavy atom. The van der Waals surface area contributed by atoms with Crippen molar-refractivity contribution in [2.75, 3.05) is 98.5 Å². The maximum Gasteiger partial charge on any atom is 0.258 e. The van der Waals surface area contributed by atoms with Crippen molar-refractivity contribution >= 4 is 175 Å². The van der Waals surface area contributed by atoms with Crippen LogP contribution in [0.5, 0.6) is 0 Å². The van der Waals surface area contributed by atoms with Crippen molar-refractivity contribution in [3.05, 3.63) is 247 Å². The van der Waals surface area contributed by atoms with Gasteiger partial charge >= 0.3 is 0 Å². The number of thioether (sulfide) groups is 3. The van der Waals surface area contributed by atoms with Gasteiger partial charge in [0.15, 0.2) is 0 Å². The van der Waals surface area contributed by atoms with Gasteiger partial charge in [0, 0.05) is 99.3 Å². The third-order valence-corrected chi connectivity index (χ3v) is 18.5. The number of amidine groups is 3. The van der Waals surface area contributed by atoms with Crippen molar-refractivity contribution in [2.24, 2.45) is 5.73 Å². The molecule has 9 aromatic rings. The van der Waals surface area contributed by atoms with Crippen LogP contribution in [0.15, 0.2) is 179 Å². The number of amides is 8. The zero-order chi connectivity index (χ0) is 79.9. The Balaban J connectivity index is 0.000000228. The highest BCUT2D eigenvalue weighted by Gasteiger charge is 2.24. The molecule has 6 aromatic carbocycles. The van der Waals surface area contributed by atoms with Gasteiger partial charge in [-0.05, 0) is 134 Å². The zero-order valence-electron chi connectivity index (χ0n) is 59.1. The molecule has 3 aromatic heterocycles. The van der Waals surface area contributed by atoms with E-state index in [1.807, 2.05) is 0 Å². The summed E-state index contributed by atoms with van der Waals surface area (Å²) in [6, 6.07) is 34.7. The zero-order valence-corrected chi connectivity index (χ0v) is 63.9. The fourth-order valence-corrected chi connectivity index (χ4v) is 11.6. The molecule has 0 atom stereocenters. The van der Waals surface area contributed by atoms with Crippen LogP contribution in [0.4, 0.5) is 47.7 Å². The first-order chi connectivity index (χ1) is 51.7. The molecule has 3 heterocycles. The van der Waals surface area contributed by atoms with Gasteiger partial charge < -0.3 is 57.7 Å². The van der Waals surface area contributed by atoms with Crippen molar-refractivity contribution in [1.29, 1.82) is 16.2 Å². The minimum absolute atomic E-state index is 0.00891. The molecule has 0 bridgehead atoms. The number of carbonyl (C=O) groups is 9. The number of ketones is 1.